The summed E-state index contributed by atoms with van der Waals surface area (Å²) in [6, 6.07) is 2.12. The Morgan fingerprint density at radius 3 is 2.85 bits per heavy atom. The number of pyridine rings is 1. The summed E-state index contributed by atoms with van der Waals surface area (Å²) in [6.07, 6.45) is -0.0596. The molecule has 1 aromatic heterocycles. The van der Waals surface area contributed by atoms with E-state index in [-0.39, 0.29) is 11.3 Å². The Bertz CT molecular complexity index is 653. The van der Waals surface area contributed by atoms with E-state index in [1.807, 2.05) is 9.80 Å². The summed E-state index contributed by atoms with van der Waals surface area (Å²) in [4.78, 5) is 20.1. The lowest BCUT2D eigenvalue weighted by Gasteiger charge is -2.48. The summed E-state index contributed by atoms with van der Waals surface area (Å²) in [6.45, 7) is 2.98. The van der Waals surface area contributed by atoms with Crippen LogP contribution in [-0.2, 0) is 15.7 Å². The van der Waals surface area contributed by atoms with Crippen LogP contribution < -0.4 is 4.90 Å². The molecule has 0 saturated carbocycles. The number of ether oxygens (including phenoxy) is 1. The fraction of sp³-hybridized carbons (Fsp3) is 0.667. The summed E-state index contributed by atoms with van der Waals surface area (Å²) in [5.41, 5.74) is -0.766. The number of anilines is 1. The van der Waals surface area contributed by atoms with Gasteiger partial charge in [0.05, 0.1) is 12.2 Å². The van der Waals surface area contributed by atoms with Crippen LogP contribution in [0.1, 0.15) is 31.2 Å². The standard InChI is InChI=1S/C18H24F3N3O2/c1-26-10-9-24-13-17(6-3-16(24)25)5-2-8-23(12-17)15-11-14(4-7-22-15)18(19,20)21/h4,7,11H,2-3,5-6,8-10,12-13H2,1H3/t17-/m0/s1. The van der Waals surface area contributed by atoms with Crippen LogP contribution in [0.3, 0.4) is 0 Å². The molecule has 2 saturated heterocycles. The van der Waals surface area contributed by atoms with Crippen LogP contribution in [0.5, 0.6) is 0 Å². The first kappa shape index (κ1) is 18.9. The molecule has 0 bridgehead atoms. The van der Waals surface area contributed by atoms with Gasteiger partial charge in [0.25, 0.3) is 0 Å². The number of carbonyl (C=O) groups excluding carboxylic acids is 1. The van der Waals surface area contributed by atoms with Crippen molar-refractivity contribution in [3.63, 3.8) is 0 Å². The van der Waals surface area contributed by atoms with E-state index in [0.717, 1.165) is 31.4 Å². The van der Waals surface area contributed by atoms with Crippen LogP contribution in [-0.4, -0.2) is 55.7 Å². The van der Waals surface area contributed by atoms with Crippen LogP contribution in [0, 0.1) is 5.41 Å². The van der Waals surface area contributed by atoms with Crippen molar-refractivity contribution in [3.05, 3.63) is 23.9 Å². The Balaban J connectivity index is 1.76. The summed E-state index contributed by atoms with van der Waals surface area (Å²) in [5.74, 6) is 0.487. The Labute approximate surface area is 151 Å². The molecule has 0 radical (unpaired) electrons. The van der Waals surface area contributed by atoms with E-state index in [4.69, 9.17) is 4.74 Å². The highest BCUT2D eigenvalue weighted by atomic mass is 19.4. The normalized spacial score (nSPS) is 24.4. The third-order valence-corrected chi connectivity index (χ3v) is 5.37. The average molecular weight is 371 g/mol. The summed E-state index contributed by atoms with van der Waals surface area (Å²) < 4.78 is 44.1. The van der Waals surface area contributed by atoms with Crippen molar-refractivity contribution in [2.24, 2.45) is 5.41 Å². The quantitative estimate of drug-likeness (QED) is 0.816. The number of hydrogen-bond acceptors (Lipinski definition) is 4. The first-order valence-electron chi connectivity index (χ1n) is 8.88. The zero-order valence-electron chi connectivity index (χ0n) is 14.9. The second-order valence-corrected chi connectivity index (χ2v) is 7.23. The molecule has 0 aliphatic carbocycles. The molecular formula is C18H24F3N3O2. The van der Waals surface area contributed by atoms with Gasteiger partial charge in [-0.25, -0.2) is 4.98 Å². The molecule has 3 heterocycles. The molecule has 2 aliphatic rings. The lowest BCUT2D eigenvalue weighted by molar-refractivity contribution is -0.139. The number of hydrogen-bond donors (Lipinski definition) is 0. The predicted octanol–water partition coefficient (Wildman–Crippen LogP) is 2.96. The van der Waals surface area contributed by atoms with Gasteiger partial charge in [-0.3, -0.25) is 4.79 Å². The van der Waals surface area contributed by atoms with Gasteiger partial charge < -0.3 is 14.5 Å². The molecule has 1 atom stereocenters. The Hall–Kier alpha value is -1.83. The monoisotopic (exact) mass is 371 g/mol. The Kier molecular flexibility index (Phi) is 5.41. The first-order chi connectivity index (χ1) is 12.3. The molecule has 1 aromatic rings. The molecular weight excluding hydrogens is 347 g/mol. The maximum Gasteiger partial charge on any atom is 0.416 e. The van der Waals surface area contributed by atoms with E-state index in [9.17, 15) is 18.0 Å². The first-order valence-corrected chi connectivity index (χ1v) is 8.88. The van der Waals surface area contributed by atoms with Crippen LogP contribution >= 0.6 is 0 Å². The van der Waals surface area contributed by atoms with Crippen LogP contribution in [0.4, 0.5) is 19.0 Å². The number of amides is 1. The third kappa shape index (κ3) is 4.11. The van der Waals surface area contributed by atoms with Gasteiger partial charge in [0.1, 0.15) is 5.82 Å². The molecule has 2 aliphatic heterocycles. The highest BCUT2D eigenvalue weighted by Crippen LogP contribution is 2.40. The molecule has 1 amide bonds. The topological polar surface area (TPSA) is 45.7 Å². The lowest BCUT2D eigenvalue weighted by atomic mass is 9.73. The molecule has 2 fully saturated rings. The zero-order valence-corrected chi connectivity index (χ0v) is 14.9. The number of likely N-dealkylation sites (tertiary alicyclic amines) is 1. The maximum absolute atomic E-state index is 13.0. The van der Waals surface area contributed by atoms with Crippen molar-refractivity contribution in [3.8, 4) is 0 Å². The van der Waals surface area contributed by atoms with Crippen LogP contribution in [0.25, 0.3) is 0 Å². The van der Waals surface area contributed by atoms with E-state index < -0.39 is 11.7 Å². The second-order valence-electron chi connectivity index (χ2n) is 7.23. The maximum atomic E-state index is 13.0. The highest BCUT2D eigenvalue weighted by molar-refractivity contribution is 5.77. The molecule has 8 heteroatoms. The van der Waals surface area contributed by atoms with E-state index in [2.05, 4.69) is 4.98 Å². The molecule has 3 rings (SSSR count). The molecule has 0 unspecified atom stereocenters. The number of halogens is 3. The SMILES string of the molecule is COCCN1C[C@@]2(CCCN(c3cc(C(F)(F)F)ccn3)C2)CCC1=O. The minimum Gasteiger partial charge on any atom is -0.383 e. The van der Waals surface area contributed by atoms with Crippen molar-refractivity contribution in [2.45, 2.75) is 31.9 Å². The zero-order chi connectivity index (χ0) is 18.8. The van der Waals surface area contributed by atoms with Crippen LogP contribution in [0.2, 0.25) is 0 Å². The Morgan fingerprint density at radius 1 is 1.31 bits per heavy atom. The molecule has 144 valence electrons. The number of methoxy groups -OCH3 is 1. The third-order valence-electron chi connectivity index (χ3n) is 5.37. The van der Waals surface area contributed by atoms with Gasteiger partial charge in [0.15, 0.2) is 0 Å². The average Bonchev–Trinajstić information content (AvgIpc) is 2.62. The Morgan fingerprint density at radius 2 is 2.12 bits per heavy atom. The fourth-order valence-electron chi connectivity index (χ4n) is 4.01. The van der Waals surface area contributed by atoms with Gasteiger partial charge >= 0.3 is 6.18 Å². The molecule has 0 aromatic carbocycles. The molecule has 5 nitrogen and oxygen atoms in total. The summed E-state index contributed by atoms with van der Waals surface area (Å²) in [5, 5.41) is 0. The van der Waals surface area contributed by atoms with E-state index in [1.165, 1.54) is 6.20 Å². The molecule has 26 heavy (non-hydrogen) atoms. The van der Waals surface area contributed by atoms with E-state index in [1.54, 1.807) is 7.11 Å². The predicted molar refractivity (Wildman–Crippen MR) is 90.8 cm³/mol. The van der Waals surface area contributed by atoms with Gasteiger partial charge in [0, 0.05) is 51.3 Å². The number of rotatable bonds is 4. The van der Waals surface area contributed by atoms with Crippen LogP contribution in [0.15, 0.2) is 18.3 Å². The van der Waals surface area contributed by atoms with Gasteiger partial charge in [0.2, 0.25) is 5.91 Å². The smallest absolute Gasteiger partial charge is 0.383 e. The minimum atomic E-state index is -4.38. The summed E-state index contributed by atoms with van der Waals surface area (Å²) in [7, 11) is 1.60. The van der Waals surface area contributed by atoms with Gasteiger partial charge in [-0.2, -0.15) is 13.2 Å². The number of piperidine rings is 2. The summed E-state index contributed by atoms with van der Waals surface area (Å²) >= 11 is 0. The van der Waals surface area contributed by atoms with Gasteiger partial charge in [-0.15, -0.1) is 0 Å². The number of alkyl halides is 3. The number of carbonyl (C=O) groups is 1. The largest absolute Gasteiger partial charge is 0.416 e. The minimum absolute atomic E-state index is 0.0875. The second kappa shape index (κ2) is 7.42. The van der Waals surface area contributed by atoms with E-state index in [0.29, 0.717) is 45.0 Å². The van der Waals surface area contributed by atoms with E-state index >= 15 is 0 Å². The number of aromatic nitrogens is 1. The van der Waals surface area contributed by atoms with Crippen molar-refractivity contribution >= 4 is 11.7 Å². The van der Waals surface area contributed by atoms with Gasteiger partial charge in [-0.05, 0) is 31.4 Å². The van der Waals surface area contributed by atoms with Gasteiger partial charge in [-0.1, -0.05) is 0 Å². The molecule has 0 N–H and O–H groups in total. The van der Waals surface area contributed by atoms with Crippen molar-refractivity contribution < 1.29 is 22.7 Å². The lowest BCUT2D eigenvalue weighted by Crippen LogP contribution is -2.54. The number of nitrogens with zero attached hydrogens (tertiary/aromatic N) is 3. The fourth-order valence-corrected chi connectivity index (χ4v) is 4.01. The van der Waals surface area contributed by atoms with Crippen molar-refractivity contribution in [2.75, 3.05) is 44.8 Å². The highest BCUT2D eigenvalue weighted by Gasteiger charge is 2.42. The molecule has 1 spiro atoms. The van der Waals surface area contributed by atoms with Crippen molar-refractivity contribution in [1.82, 2.24) is 9.88 Å². The van der Waals surface area contributed by atoms with Crippen molar-refractivity contribution in [1.29, 1.82) is 0 Å².